The summed E-state index contributed by atoms with van der Waals surface area (Å²) < 4.78 is 31.4. The Morgan fingerprint density at radius 1 is 1.26 bits per heavy atom. The van der Waals surface area contributed by atoms with Gasteiger partial charge in [-0.15, -0.1) is 0 Å². The highest BCUT2D eigenvalue weighted by molar-refractivity contribution is 7.92. The minimum Gasteiger partial charge on any atom is -0.468 e. The number of methoxy groups -OCH3 is 1. The van der Waals surface area contributed by atoms with Crippen LogP contribution in [0.15, 0.2) is 23.2 Å². The minimum absolute atomic E-state index is 0.0166. The molecular weight excluding hydrogens is 488 g/mol. The van der Waals surface area contributed by atoms with Gasteiger partial charge in [-0.25, -0.2) is 8.42 Å². The molecular formula is C20H24N4O8S2. The van der Waals surface area contributed by atoms with Crippen molar-refractivity contribution in [1.82, 2.24) is 9.47 Å². The number of nitrogens with zero attached hydrogens (tertiary/aromatic N) is 4. The highest BCUT2D eigenvalue weighted by Gasteiger charge is 2.28. The fourth-order valence-electron chi connectivity index (χ4n) is 3.73. The highest BCUT2D eigenvalue weighted by atomic mass is 32.2. The van der Waals surface area contributed by atoms with Crippen LogP contribution in [0, 0.1) is 10.1 Å². The molecule has 0 aliphatic carbocycles. The van der Waals surface area contributed by atoms with Gasteiger partial charge in [-0.1, -0.05) is 11.3 Å². The third kappa shape index (κ3) is 6.05. The summed E-state index contributed by atoms with van der Waals surface area (Å²) in [6, 6.07) is 3.86. The summed E-state index contributed by atoms with van der Waals surface area (Å²) in [6.07, 6.45) is 2.57. The average molecular weight is 513 g/mol. The largest absolute Gasteiger partial charge is 0.468 e. The van der Waals surface area contributed by atoms with E-state index in [1.54, 1.807) is 0 Å². The van der Waals surface area contributed by atoms with Crippen molar-refractivity contribution < 1.29 is 32.5 Å². The van der Waals surface area contributed by atoms with Gasteiger partial charge in [0.2, 0.25) is 5.91 Å². The van der Waals surface area contributed by atoms with E-state index in [4.69, 9.17) is 0 Å². The highest BCUT2D eigenvalue weighted by Crippen LogP contribution is 2.23. The van der Waals surface area contributed by atoms with Crippen LogP contribution in [0.2, 0.25) is 0 Å². The number of carbonyl (C=O) groups excluding carboxylic acids is 3. The Kier molecular flexibility index (Phi) is 7.82. The lowest BCUT2D eigenvalue weighted by atomic mass is 10.0. The average Bonchev–Trinajstić information content (AvgIpc) is 3.08. The number of sulfone groups is 1. The molecule has 1 fully saturated rings. The number of likely N-dealkylation sites (tertiary alicyclic amines) is 1. The molecule has 0 saturated carbocycles. The Morgan fingerprint density at radius 3 is 2.65 bits per heavy atom. The van der Waals surface area contributed by atoms with Crippen molar-refractivity contribution in [1.29, 1.82) is 0 Å². The van der Waals surface area contributed by atoms with Crippen LogP contribution in [-0.2, 0) is 35.5 Å². The first-order chi connectivity index (χ1) is 16.0. The number of piperidine rings is 1. The molecule has 1 atom stereocenters. The third-order valence-corrected chi connectivity index (χ3v) is 7.84. The molecule has 2 amide bonds. The number of rotatable bonds is 7. The number of non-ortho nitro benzene ring substituents is 1. The second-order valence-electron chi connectivity index (χ2n) is 7.93. The number of esters is 1. The Balaban J connectivity index is 1.87. The lowest BCUT2D eigenvalue weighted by Gasteiger charge is -2.33. The van der Waals surface area contributed by atoms with Crippen molar-refractivity contribution in [2.45, 2.75) is 38.8 Å². The molecule has 184 valence electrons. The summed E-state index contributed by atoms with van der Waals surface area (Å²) in [7, 11) is -2.90. The fourth-order valence-corrected chi connectivity index (χ4v) is 5.89. The van der Waals surface area contributed by atoms with Crippen LogP contribution in [0.25, 0.3) is 10.2 Å². The van der Waals surface area contributed by atoms with Gasteiger partial charge < -0.3 is 14.2 Å². The van der Waals surface area contributed by atoms with Crippen molar-refractivity contribution in [3.63, 3.8) is 0 Å². The zero-order chi connectivity index (χ0) is 25.0. The van der Waals surface area contributed by atoms with Crippen LogP contribution < -0.4 is 4.80 Å². The van der Waals surface area contributed by atoms with Crippen LogP contribution >= 0.6 is 11.3 Å². The fraction of sp³-hybridized carbons (Fsp3) is 0.500. The Bertz CT molecular complexity index is 1310. The molecule has 2 heterocycles. The van der Waals surface area contributed by atoms with Gasteiger partial charge >= 0.3 is 5.97 Å². The number of thiazole rings is 1. The molecule has 2 aromatic rings. The maximum Gasteiger partial charge on any atom is 0.325 e. The SMILES string of the molecule is COC(=O)Cn1c(=NC(=O)CS(=O)(=O)CC(=O)N2CCCCC2C)sc2cc([N+](=O)[O-])ccc21. The van der Waals surface area contributed by atoms with Gasteiger partial charge in [-0.2, -0.15) is 4.99 Å². The first kappa shape index (κ1) is 25.5. The predicted molar refractivity (Wildman–Crippen MR) is 123 cm³/mol. The maximum absolute atomic E-state index is 12.5. The van der Waals surface area contributed by atoms with Crippen LogP contribution in [0.5, 0.6) is 0 Å². The quantitative estimate of drug-likeness (QED) is 0.302. The summed E-state index contributed by atoms with van der Waals surface area (Å²) in [4.78, 5) is 52.7. The molecule has 1 unspecified atom stereocenters. The lowest BCUT2D eigenvalue weighted by molar-refractivity contribution is -0.384. The van der Waals surface area contributed by atoms with Crippen molar-refractivity contribution >= 4 is 54.9 Å². The van der Waals surface area contributed by atoms with E-state index < -0.39 is 44.0 Å². The maximum atomic E-state index is 12.5. The normalized spacial score (nSPS) is 17.1. The van der Waals surface area contributed by atoms with E-state index in [0.29, 0.717) is 16.8 Å². The second kappa shape index (κ2) is 10.4. The Hall–Kier alpha value is -3.13. The van der Waals surface area contributed by atoms with Gasteiger partial charge in [0.15, 0.2) is 14.6 Å². The van der Waals surface area contributed by atoms with Crippen molar-refractivity contribution in [2.75, 3.05) is 25.2 Å². The molecule has 12 nitrogen and oxygen atoms in total. The van der Waals surface area contributed by atoms with Gasteiger partial charge in [0.1, 0.15) is 18.1 Å². The Labute approximate surface area is 198 Å². The van der Waals surface area contributed by atoms with E-state index >= 15 is 0 Å². The molecule has 1 aromatic carbocycles. The van der Waals surface area contributed by atoms with Crippen LogP contribution in [0.3, 0.4) is 0 Å². The first-order valence-corrected chi connectivity index (χ1v) is 13.1. The van der Waals surface area contributed by atoms with Gasteiger partial charge in [-0.05, 0) is 32.3 Å². The van der Waals surface area contributed by atoms with E-state index in [9.17, 15) is 32.9 Å². The van der Waals surface area contributed by atoms with E-state index in [2.05, 4.69) is 9.73 Å². The number of hydrogen-bond donors (Lipinski definition) is 0. The molecule has 0 radical (unpaired) electrons. The summed E-state index contributed by atoms with van der Waals surface area (Å²) in [6.45, 7) is 2.00. The predicted octanol–water partition coefficient (Wildman–Crippen LogP) is 1.03. The second-order valence-corrected chi connectivity index (χ2v) is 11.0. The zero-order valence-corrected chi connectivity index (χ0v) is 20.3. The standard InChI is InChI=1S/C20H24N4O8S2/c1-13-5-3-4-8-22(13)18(26)12-34(30,31)11-17(25)21-20-23(10-19(27)32-2)15-7-6-14(24(28)29)9-16(15)33-20/h6-7,9,13H,3-5,8,10-12H2,1-2H3. The number of carbonyl (C=O) groups is 3. The molecule has 0 spiro atoms. The van der Waals surface area contributed by atoms with E-state index in [-0.39, 0.29) is 23.1 Å². The van der Waals surface area contributed by atoms with Gasteiger partial charge in [-0.3, -0.25) is 24.5 Å². The molecule has 1 aromatic heterocycles. The Morgan fingerprint density at radius 2 is 2.00 bits per heavy atom. The summed E-state index contributed by atoms with van der Waals surface area (Å²) in [5, 5.41) is 11.1. The number of fused-ring (bicyclic) bond motifs is 1. The van der Waals surface area contributed by atoms with Crippen LogP contribution in [-0.4, -0.2) is 71.8 Å². The summed E-state index contributed by atoms with van der Waals surface area (Å²) in [5.41, 5.74) is 0.203. The number of benzene rings is 1. The molecule has 0 N–H and O–H groups in total. The minimum atomic E-state index is -4.08. The van der Waals surface area contributed by atoms with Crippen LogP contribution in [0.1, 0.15) is 26.2 Å². The van der Waals surface area contributed by atoms with Crippen molar-refractivity contribution in [3.05, 3.63) is 33.1 Å². The van der Waals surface area contributed by atoms with E-state index in [0.717, 1.165) is 30.6 Å². The first-order valence-electron chi connectivity index (χ1n) is 10.4. The van der Waals surface area contributed by atoms with Crippen molar-refractivity contribution in [3.8, 4) is 0 Å². The van der Waals surface area contributed by atoms with Gasteiger partial charge in [0.25, 0.3) is 11.6 Å². The van der Waals surface area contributed by atoms with Gasteiger partial charge in [0, 0.05) is 24.7 Å². The molecule has 34 heavy (non-hydrogen) atoms. The zero-order valence-electron chi connectivity index (χ0n) is 18.6. The number of aromatic nitrogens is 1. The lowest BCUT2D eigenvalue weighted by Crippen LogP contribution is -2.45. The monoisotopic (exact) mass is 512 g/mol. The van der Waals surface area contributed by atoms with Crippen LogP contribution in [0.4, 0.5) is 5.69 Å². The van der Waals surface area contributed by atoms with Crippen molar-refractivity contribution in [2.24, 2.45) is 4.99 Å². The molecule has 1 aliphatic heterocycles. The van der Waals surface area contributed by atoms with E-state index in [1.165, 1.54) is 34.8 Å². The summed E-state index contributed by atoms with van der Waals surface area (Å²) in [5.74, 6) is -3.98. The molecule has 14 heteroatoms. The van der Waals surface area contributed by atoms with E-state index in [1.807, 2.05) is 6.92 Å². The molecule has 1 aliphatic rings. The topological polar surface area (TPSA) is 158 Å². The smallest absolute Gasteiger partial charge is 0.325 e. The number of amides is 2. The number of hydrogen-bond acceptors (Lipinski definition) is 9. The molecule has 1 saturated heterocycles. The molecule has 3 rings (SSSR count). The number of nitro benzene ring substituents is 1. The number of ether oxygens (including phenoxy) is 1. The third-order valence-electron chi connectivity index (χ3n) is 5.42. The molecule has 0 bridgehead atoms. The number of nitro groups is 1. The van der Waals surface area contributed by atoms with Gasteiger partial charge in [0.05, 0.1) is 22.2 Å². The summed E-state index contributed by atoms with van der Waals surface area (Å²) >= 11 is 0.892.